The molecule has 3 aromatic carbocycles. The van der Waals surface area contributed by atoms with Gasteiger partial charge in [-0.2, -0.15) is 13.2 Å². The molecule has 0 aliphatic carbocycles. The van der Waals surface area contributed by atoms with Crippen molar-refractivity contribution in [2.75, 3.05) is 32.7 Å². The lowest BCUT2D eigenvalue weighted by Gasteiger charge is -2.52. The summed E-state index contributed by atoms with van der Waals surface area (Å²) in [6.07, 6.45) is -2.56. The van der Waals surface area contributed by atoms with Crippen LogP contribution in [0, 0.1) is 19.8 Å². The first-order valence-corrected chi connectivity index (χ1v) is 15.3. The van der Waals surface area contributed by atoms with Crippen molar-refractivity contribution in [3.05, 3.63) is 107 Å². The zero-order chi connectivity index (χ0) is 33.5. The summed E-state index contributed by atoms with van der Waals surface area (Å²) in [5, 5.41) is 23.7. The molecule has 2 bridgehead atoms. The van der Waals surface area contributed by atoms with E-state index in [4.69, 9.17) is 14.6 Å². The second-order valence-electron chi connectivity index (χ2n) is 12.1. The second kappa shape index (κ2) is 14.5. The minimum absolute atomic E-state index is 0.0177. The fourth-order valence-corrected chi connectivity index (χ4v) is 6.53. The van der Waals surface area contributed by atoms with Gasteiger partial charge in [-0.3, -0.25) is 4.79 Å². The quantitative estimate of drug-likeness (QED) is 0.209. The van der Waals surface area contributed by atoms with Crippen LogP contribution in [0.1, 0.15) is 51.9 Å². The SMILES string of the molecule is Cc1cccc(C)c1C(=O)NCCC[N+]12CCC(CC1)[C@@H](OC(=O)C(O)(c1ccccc1)c1ccccc1)C2.O=C([O-])C(F)(F)F. The number of alkyl halides is 3. The van der Waals surface area contributed by atoms with E-state index in [-0.39, 0.29) is 12.0 Å². The van der Waals surface area contributed by atoms with Crippen LogP contribution in [0.4, 0.5) is 13.2 Å². The van der Waals surface area contributed by atoms with Gasteiger partial charge in [0.2, 0.25) is 5.60 Å². The van der Waals surface area contributed by atoms with E-state index >= 15 is 0 Å². The van der Waals surface area contributed by atoms with Crippen LogP contribution < -0.4 is 10.4 Å². The number of ether oxygens (including phenoxy) is 1. The van der Waals surface area contributed by atoms with E-state index in [1.54, 1.807) is 24.3 Å². The molecule has 1 atom stereocenters. The first kappa shape index (κ1) is 34.6. The number of piperidine rings is 3. The highest BCUT2D eigenvalue weighted by Crippen LogP contribution is 2.38. The van der Waals surface area contributed by atoms with Crippen LogP contribution in [-0.2, 0) is 19.9 Å². The van der Waals surface area contributed by atoms with Gasteiger partial charge in [-0.05, 0) is 36.1 Å². The van der Waals surface area contributed by atoms with E-state index < -0.39 is 23.7 Å². The number of hydrogen-bond donors (Lipinski definition) is 2. The molecule has 46 heavy (non-hydrogen) atoms. The predicted molar refractivity (Wildman–Crippen MR) is 162 cm³/mol. The Kier molecular flexibility index (Phi) is 10.9. The van der Waals surface area contributed by atoms with Crippen LogP contribution in [0.3, 0.4) is 0 Å². The first-order valence-electron chi connectivity index (χ1n) is 15.3. The van der Waals surface area contributed by atoms with Crippen molar-refractivity contribution in [2.24, 2.45) is 5.92 Å². The normalized spacial score (nSPS) is 20.7. The van der Waals surface area contributed by atoms with Gasteiger partial charge in [0.1, 0.15) is 12.5 Å². The second-order valence-corrected chi connectivity index (χ2v) is 12.1. The van der Waals surface area contributed by atoms with Gasteiger partial charge in [-0.25, -0.2) is 4.79 Å². The topological polar surface area (TPSA) is 116 Å². The van der Waals surface area contributed by atoms with Crippen LogP contribution in [0.25, 0.3) is 0 Å². The number of aliphatic hydroxyl groups is 1. The Bertz CT molecular complexity index is 1450. The number of carboxylic acids is 1. The molecule has 11 heteroatoms. The standard InChI is InChI=1S/C33H38N2O4.C2HF3O2/c1-24-11-9-12-25(2)30(24)31(36)34-19-10-20-35-21-17-26(18-22-35)29(23-35)39-32(37)33(38,27-13-5-3-6-14-27)28-15-7-4-8-16-28;3-2(4,5)1(6)7/h3-9,11-16,26,29,38H,10,17-23H2,1-2H3;(H,6,7)/t26?,29-,35?;/m0./s1. The predicted octanol–water partition coefficient (Wildman–Crippen LogP) is 3.81. The lowest BCUT2D eigenvalue weighted by atomic mass is 9.82. The number of esters is 1. The maximum Gasteiger partial charge on any atom is 0.430 e. The van der Waals surface area contributed by atoms with E-state index in [1.165, 1.54) is 0 Å². The minimum atomic E-state index is -5.19. The third kappa shape index (κ3) is 7.94. The van der Waals surface area contributed by atoms with Crippen LogP contribution >= 0.6 is 0 Å². The van der Waals surface area contributed by atoms with E-state index in [2.05, 4.69) is 5.32 Å². The third-order valence-corrected chi connectivity index (χ3v) is 9.01. The highest BCUT2D eigenvalue weighted by atomic mass is 19.4. The Morgan fingerprint density at radius 1 is 0.891 bits per heavy atom. The number of nitrogens with zero attached hydrogens (tertiary/aromatic N) is 1. The lowest BCUT2D eigenvalue weighted by molar-refractivity contribution is -0.946. The summed E-state index contributed by atoms with van der Waals surface area (Å²) in [4.78, 5) is 35.3. The molecule has 6 rings (SSSR count). The Balaban J connectivity index is 0.000000617. The number of aryl methyl sites for hydroxylation is 2. The number of halogens is 3. The van der Waals surface area contributed by atoms with Gasteiger partial charge in [0.15, 0.2) is 6.10 Å². The number of benzene rings is 3. The number of amides is 1. The average Bonchev–Trinajstić information content (AvgIpc) is 3.04. The summed E-state index contributed by atoms with van der Waals surface area (Å²) >= 11 is 0. The number of nitrogens with one attached hydrogen (secondary N) is 1. The van der Waals surface area contributed by atoms with Crippen LogP contribution in [0.5, 0.6) is 0 Å². The molecule has 3 heterocycles. The molecule has 0 radical (unpaired) electrons. The Labute approximate surface area is 266 Å². The van der Waals surface area contributed by atoms with Gasteiger partial charge in [0.05, 0.1) is 19.6 Å². The molecule has 3 aromatic rings. The molecule has 2 N–H and O–H groups in total. The summed E-state index contributed by atoms with van der Waals surface area (Å²) in [5.41, 5.74) is 1.89. The van der Waals surface area contributed by atoms with E-state index in [1.807, 2.05) is 68.4 Å². The summed E-state index contributed by atoms with van der Waals surface area (Å²) in [6.45, 7) is 8.35. The van der Waals surface area contributed by atoms with Gasteiger partial charge in [-0.1, -0.05) is 78.9 Å². The summed E-state index contributed by atoms with van der Waals surface area (Å²) in [6, 6.07) is 24.0. The molecule has 3 aliphatic heterocycles. The number of rotatable bonds is 9. The zero-order valence-electron chi connectivity index (χ0n) is 25.9. The minimum Gasteiger partial charge on any atom is -0.542 e. The van der Waals surface area contributed by atoms with Gasteiger partial charge >= 0.3 is 12.1 Å². The average molecular weight is 641 g/mol. The molecule has 3 fully saturated rings. The largest absolute Gasteiger partial charge is 0.542 e. The zero-order valence-corrected chi connectivity index (χ0v) is 25.9. The first-order chi connectivity index (χ1) is 21.8. The highest BCUT2D eigenvalue weighted by molar-refractivity contribution is 5.97. The van der Waals surface area contributed by atoms with Crippen molar-refractivity contribution in [2.45, 2.75) is 51.0 Å². The van der Waals surface area contributed by atoms with Crippen LogP contribution in [0.2, 0.25) is 0 Å². The molecule has 0 spiro atoms. The van der Waals surface area contributed by atoms with Crippen LogP contribution in [0.15, 0.2) is 78.9 Å². The lowest BCUT2D eigenvalue weighted by Crippen LogP contribution is -2.65. The number of carbonyl (C=O) groups is 3. The number of quaternary nitrogens is 1. The number of hydrogen-bond acceptors (Lipinski definition) is 6. The van der Waals surface area contributed by atoms with Crippen molar-refractivity contribution >= 4 is 17.8 Å². The summed E-state index contributed by atoms with van der Waals surface area (Å²) in [7, 11) is 0. The van der Waals surface area contributed by atoms with Gasteiger partial charge in [0.25, 0.3) is 5.91 Å². The number of carbonyl (C=O) groups excluding carboxylic acids is 3. The third-order valence-electron chi connectivity index (χ3n) is 9.01. The highest BCUT2D eigenvalue weighted by Gasteiger charge is 2.50. The van der Waals surface area contributed by atoms with Crippen molar-refractivity contribution in [1.29, 1.82) is 0 Å². The maximum atomic E-state index is 13.7. The van der Waals surface area contributed by atoms with E-state index in [9.17, 15) is 27.9 Å². The molecule has 0 aromatic heterocycles. The van der Waals surface area contributed by atoms with Gasteiger partial charge in [-0.15, -0.1) is 0 Å². The fraction of sp³-hybridized carbons (Fsp3) is 0.400. The Morgan fingerprint density at radius 2 is 1.39 bits per heavy atom. The van der Waals surface area contributed by atoms with Crippen LogP contribution in [-0.4, -0.2) is 72.4 Å². The Hall–Kier alpha value is -4.22. The Morgan fingerprint density at radius 3 is 1.87 bits per heavy atom. The monoisotopic (exact) mass is 640 g/mol. The van der Waals surface area contributed by atoms with E-state index in [0.29, 0.717) is 23.6 Å². The van der Waals surface area contributed by atoms with Gasteiger partial charge in [0, 0.05) is 37.3 Å². The molecular weight excluding hydrogens is 601 g/mol. The molecule has 246 valence electrons. The number of carboxylic acid groups (broad SMARTS) is 1. The van der Waals surface area contributed by atoms with Crippen molar-refractivity contribution in [1.82, 2.24) is 5.32 Å². The number of fused-ring (bicyclic) bond motifs is 3. The summed E-state index contributed by atoms with van der Waals surface area (Å²) in [5.74, 6) is -3.32. The maximum absolute atomic E-state index is 13.7. The van der Waals surface area contributed by atoms with Crippen molar-refractivity contribution in [3.8, 4) is 0 Å². The molecule has 0 unspecified atom stereocenters. The van der Waals surface area contributed by atoms with E-state index in [0.717, 1.165) is 66.6 Å². The molecule has 3 aliphatic rings. The summed E-state index contributed by atoms with van der Waals surface area (Å²) < 4.78 is 38.6. The molecule has 1 amide bonds. The van der Waals surface area contributed by atoms with Crippen molar-refractivity contribution < 1.29 is 47.0 Å². The molecule has 3 saturated heterocycles. The molecule has 0 saturated carbocycles. The van der Waals surface area contributed by atoms with Gasteiger partial charge < -0.3 is 29.5 Å². The molecule has 8 nitrogen and oxygen atoms in total. The molecular formula is C35H39F3N2O6. The smallest absolute Gasteiger partial charge is 0.430 e. The fourth-order valence-electron chi connectivity index (χ4n) is 6.53. The van der Waals surface area contributed by atoms with Crippen molar-refractivity contribution in [3.63, 3.8) is 0 Å². The number of aliphatic carboxylic acids is 1.